The van der Waals surface area contributed by atoms with E-state index >= 15 is 0 Å². The summed E-state index contributed by atoms with van der Waals surface area (Å²) in [5.74, 6) is -1.06. The summed E-state index contributed by atoms with van der Waals surface area (Å²) in [6, 6.07) is 3.81. The molecule has 0 aliphatic carbocycles. The smallest absolute Gasteiger partial charge is 0.290 e. The maximum atomic E-state index is 12.7. The minimum atomic E-state index is -0.949. The van der Waals surface area contributed by atoms with E-state index in [0.717, 1.165) is 18.0 Å². The highest BCUT2D eigenvalue weighted by atomic mass is 16.5. The fourth-order valence-corrected chi connectivity index (χ4v) is 3.22. The highest BCUT2D eigenvalue weighted by Gasteiger charge is 2.44. The van der Waals surface area contributed by atoms with Gasteiger partial charge in [0.25, 0.3) is 18.3 Å². The van der Waals surface area contributed by atoms with Crippen molar-refractivity contribution in [2.45, 2.75) is 18.9 Å². The van der Waals surface area contributed by atoms with E-state index in [1.807, 2.05) is 0 Å². The van der Waals surface area contributed by atoms with Crippen LogP contribution < -0.4 is 15.4 Å². The zero-order valence-corrected chi connectivity index (χ0v) is 14.8. The van der Waals surface area contributed by atoms with Crippen LogP contribution in [0.4, 0.5) is 0 Å². The summed E-state index contributed by atoms with van der Waals surface area (Å²) in [5, 5.41) is 12.2. The lowest BCUT2D eigenvalue weighted by Crippen LogP contribution is -2.54. The van der Waals surface area contributed by atoms with E-state index in [-0.39, 0.29) is 36.3 Å². The van der Waals surface area contributed by atoms with Gasteiger partial charge in [0.1, 0.15) is 11.8 Å². The Bertz CT molecular complexity index is 834. The number of fused-ring (bicyclic) bond motifs is 1. The quantitative estimate of drug-likeness (QED) is 0.457. The first-order valence-electron chi connectivity index (χ1n) is 8.73. The first-order chi connectivity index (χ1) is 13.5. The largest absolute Gasteiger partial charge is 0.493 e. The number of piperidine rings is 1. The maximum Gasteiger partial charge on any atom is 0.290 e. The molecular formula is C18H19N3O7. The van der Waals surface area contributed by atoms with Gasteiger partial charge in [-0.25, -0.2) is 0 Å². The van der Waals surface area contributed by atoms with E-state index in [9.17, 15) is 19.2 Å². The summed E-state index contributed by atoms with van der Waals surface area (Å²) in [4.78, 5) is 57.8. The number of carbonyl (C=O) groups is 5. The van der Waals surface area contributed by atoms with Gasteiger partial charge in [0.15, 0.2) is 0 Å². The van der Waals surface area contributed by atoms with Crippen LogP contribution in [0.5, 0.6) is 5.75 Å². The van der Waals surface area contributed by atoms with Crippen molar-refractivity contribution in [3.8, 4) is 5.75 Å². The monoisotopic (exact) mass is 389 g/mol. The molecule has 0 radical (unpaired) electrons. The van der Waals surface area contributed by atoms with Gasteiger partial charge in [0, 0.05) is 25.4 Å². The number of imide groups is 2. The van der Waals surface area contributed by atoms with Crippen molar-refractivity contribution in [1.82, 2.24) is 15.5 Å². The van der Waals surface area contributed by atoms with Crippen LogP contribution in [-0.4, -0.2) is 65.8 Å². The summed E-state index contributed by atoms with van der Waals surface area (Å²) in [6.07, 6.45) is 0.252. The van der Waals surface area contributed by atoms with Crippen LogP contribution in [0, 0.1) is 5.92 Å². The topological polar surface area (TPSA) is 142 Å². The van der Waals surface area contributed by atoms with Gasteiger partial charge >= 0.3 is 0 Å². The van der Waals surface area contributed by atoms with E-state index in [0.29, 0.717) is 18.3 Å². The van der Waals surface area contributed by atoms with Crippen molar-refractivity contribution in [2.24, 2.45) is 5.92 Å². The van der Waals surface area contributed by atoms with Gasteiger partial charge in [-0.2, -0.15) is 0 Å². The van der Waals surface area contributed by atoms with Crippen LogP contribution in [0.2, 0.25) is 0 Å². The second-order valence-electron chi connectivity index (χ2n) is 6.60. The number of nitrogens with one attached hydrogen (secondary N) is 2. The standard InChI is InChI=1S/C17H17N3O5.CH2O2/c21-14-4-3-13(15(22)19-14)20-16(23)11-2-1-10(5-12(11)17(20)24)25-8-9-6-18-7-9;2-1-3/h1-2,5,9,13,18H,3-4,6-8H2,(H,19,21,22);1H,(H,2,3). The predicted octanol–water partition coefficient (Wildman–Crippen LogP) is -0.613. The lowest BCUT2D eigenvalue weighted by Gasteiger charge is -2.27. The number of ether oxygens (including phenoxy) is 1. The minimum Gasteiger partial charge on any atom is -0.493 e. The van der Waals surface area contributed by atoms with E-state index in [1.165, 1.54) is 0 Å². The third kappa shape index (κ3) is 3.72. The Morgan fingerprint density at radius 3 is 2.43 bits per heavy atom. The van der Waals surface area contributed by atoms with Gasteiger partial charge in [0.05, 0.1) is 17.7 Å². The first-order valence-corrected chi connectivity index (χ1v) is 8.73. The zero-order valence-electron chi connectivity index (χ0n) is 14.8. The average Bonchev–Trinajstić information content (AvgIpc) is 2.86. The molecule has 1 aromatic rings. The van der Waals surface area contributed by atoms with Gasteiger partial charge in [-0.05, 0) is 24.6 Å². The Balaban J connectivity index is 0.000000706. The highest BCUT2D eigenvalue weighted by molar-refractivity contribution is 6.23. The Morgan fingerprint density at radius 1 is 1.14 bits per heavy atom. The molecule has 0 saturated carbocycles. The molecule has 3 aliphatic rings. The Morgan fingerprint density at radius 2 is 1.82 bits per heavy atom. The molecule has 0 spiro atoms. The molecule has 3 heterocycles. The molecule has 2 saturated heterocycles. The van der Waals surface area contributed by atoms with Crippen molar-refractivity contribution in [1.29, 1.82) is 0 Å². The molecule has 3 aliphatic heterocycles. The van der Waals surface area contributed by atoms with E-state index in [4.69, 9.17) is 14.6 Å². The second kappa shape index (κ2) is 8.17. The molecule has 0 aromatic heterocycles. The normalized spacial score (nSPS) is 21.3. The number of carboxylic acid groups (broad SMARTS) is 1. The van der Waals surface area contributed by atoms with Crippen molar-refractivity contribution in [3.05, 3.63) is 29.3 Å². The SMILES string of the molecule is O=C1CCC(N2C(=O)c3ccc(OCC4CNC4)cc3C2=O)C(=O)N1.O=CO. The number of benzene rings is 1. The molecule has 2 fully saturated rings. The highest BCUT2D eigenvalue weighted by Crippen LogP contribution is 2.30. The van der Waals surface area contributed by atoms with Crippen LogP contribution in [0.1, 0.15) is 33.6 Å². The number of hydrogen-bond acceptors (Lipinski definition) is 7. The fraction of sp³-hybridized carbons (Fsp3) is 0.389. The Labute approximate surface area is 159 Å². The van der Waals surface area contributed by atoms with Gasteiger partial charge in [-0.1, -0.05) is 0 Å². The molecule has 1 aromatic carbocycles. The predicted molar refractivity (Wildman–Crippen MR) is 93.7 cm³/mol. The molecular weight excluding hydrogens is 370 g/mol. The average molecular weight is 389 g/mol. The van der Waals surface area contributed by atoms with E-state index < -0.39 is 23.8 Å². The van der Waals surface area contributed by atoms with E-state index in [2.05, 4.69) is 10.6 Å². The summed E-state index contributed by atoms with van der Waals surface area (Å²) < 4.78 is 5.69. The molecule has 4 rings (SSSR count). The van der Waals surface area contributed by atoms with Crippen LogP contribution in [0.25, 0.3) is 0 Å². The lowest BCUT2D eigenvalue weighted by molar-refractivity contribution is -0.136. The van der Waals surface area contributed by atoms with Crippen LogP contribution in [0.15, 0.2) is 18.2 Å². The van der Waals surface area contributed by atoms with Crippen molar-refractivity contribution >= 4 is 30.1 Å². The van der Waals surface area contributed by atoms with Crippen LogP contribution in [-0.2, 0) is 14.4 Å². The van der Waals surface area contributed by atoms with Crippen molar-refractivity contribution < 1.29 is 33.8 Å². The van der Waals surface area contributed by atoms with Crippen molar-refractivity contribution in [2.75, 3.05) is 19.7 Å². The van der Waals surface area contributed by atoms with Gasteiger partial charge in [-0.3, -0.25) is 34.2 Å². The fourth-order valence-electron chi connectivity index (χ4n) is 3.22. The molecule has 0 bridgehead atoms. The van der Waals surface area contributed by atoms with Crippen LogP contribution >= 0.6 is 0 Å². The van der Waals surface area contributed by atoms with Gasteiger partial charge < -0.3 is 15.2 Å². The van der Waals surface area contributed by atoms with Crippen molar-refractivity contribution in [3.63, 3.8) is 0 Å². The summed E-state index contributed by atoms with van der Waals surface area (Å²) in [5.41, 5.74) is 0.492. The van der Waals surface area contributed by atoms with Crippen LogP contribution in [0.3, 0.4) is 0 Å². The molecule has 1 atom stereocenters. The van der Waals surface area contributed by atoms with Gasteiger partial charge in [-0.15, -0.1) is 0 Å². The number of nitrogens with zero attached hydrogens (tertiary/aromatic N) is 1. The third-order valence-corrected chi connectivity index (χ3v) is 4.76. The van der Waals surface area contributed by atoms with Gasteiger partial charge in [0.2, 0.25) is 11.8 Å². The maximum absolute atomic E-state index is 12.7. The number of rotatable bonds is 4. The van der Waals surface area contributed by atoms with E-state index in [1.54, 1.807) is 18.2 Å². The zero-order chi connectivity index (χ0) is 20.3. The Hall–Kier alpha value is -3.27. The molecule has 148 valence electrons. The minimum absolute atomic E-state index is 0.105. The lowest BCUT2D eigenvalue weighted by atomic mass is 10.0. The summed E-state index contributed by atoms with van der Waals surface area (Å²) in [7, 11) is 0. The summed E-state index contributed by atoms with van der Waals surface area (Å²) >= 11 is 0. The molecule has 10 heteroatoms. The first kappa shape index (κ1) is 19.5. The third-order valence-electron chi connectivity index (χ3n) is 4.76. The molecule has 3 N–H and O–H groups in total. The molecule has 1 unspecified atom stereocenters. The molecule has 4 amide bonds. The number of amides is 4. The molecule has 28 heavy (non-hydrogen) atoms. The summed E-state index contributed by atoms with van der Waals surface area (Å²) in [6.45, 7) is 2.11. The second-order valence-corrected chi connectivity index (χ2v) is 6.60. The Kier molecular flexibility index (Phi) is 5.69. The molecule has 10 nitrogen and oxygen atoms in total. The number of hydrogen-bond donors (Lipinski definition) is 3. The number of carbonyl (C=O) groups excluding carboxylic acids is 4.